The number of carbonyl (C=O) groups excluding carboxylic acids is 1. The summed E-state index contributed by atoms with van der Waals surface area (Å²) in [6.07, 6.45) is -1.83. The van der Waals surface area contributed by atoms with Gasteiger partial charge in [0, 0.05) is 28.6 Å². The van der Waals surface area contributed by atoms with Gasteiger partial charge in [0.1, 0.15) is 6.29 Å². The van der Waals surface area contributed by atoms with Crippen molar-refractivity contribution < 1.29 is 18.0 Å². The normalized spacial score (nSPS) is 12.8. The second-order valence-corrected chi connectivity index (χ2v) is 6.77. The van der Waals surface area contributed by atoms with Crippen molar-refractivity contribution in [3.05, 3.63) is 57.9 Å². The summed E-state index contributed by atoms with van der Waals surface area (Å²) < 4.78 is 38.1. The fourth-order valence-electron chi connectivity index (χ4n) is 2.59. The Bertz CT molecular complexity index is 884. The molecule has 1 unspecified atom stereocenters. The molecule has 1 atom stereocenters. The summed E-state index contributed by atoms with van der Waals surface area (Å²) in [5, 5.41) is 12.0. The lowest BCUT2D eigenvalue weighted by Gasteiger charge is -2.10. The number of benzene rings is 1. The molecule has 2 N–H and O–H groups in total. The summed E-state index contributed by atoms with van der Waals surface area (Å²) in [4.78, 5) is 12.0. The van der Waals surface area contributed by atoms with Gasteiger partial charge in [-0.25, -0.2) is 0 Å². The lowest BCUT2D eigenvalue weighted by molar-refractivity contribution is -0.137. The average Bonchev–Trinajstić information content (AvgIpc) is 3.27. The summed E-state index contributed by atoms with van der Waals surface area (Å²) in [6.45, 7) is 2.26. The van der Waals surface area contributed by atoms with Crippen molar-refractivity contribution in [2.75, 3.05) is 5.32 Å². The van der Waals surface area contributed by atoms with E-state index in [4.69, 9.17) is 0 Å². The Morgan fingerprint density at radius 2 is 2.00 bits per heavy atom. The summed E-state index contributed by atoms with van der Waals surface area (Å²) in [5.41, 5.74) is 2.28. The van der Waals surface area contributed by atoms with Gasteiger partial charge < -0.3 is 10.1 Å². The second kappa shape index (κ2) is 7.33. The summed E-state index contributed by atoms with van der Waals surface area (Å²) in [7, 11) is 0. The maximum absolute atomic E-state index is 12.7. The molecule has 0 aliphatic rings. The van der Waals surface area contributed by atoms with E-state index in [0.717, 1.165) is 34.5 Å². The van der Waals surface area contributed by atoms with Crippen LogP contribution >= 0.6 is 11.3 Å². The minimum atomic E-state index is -4.36. The molecule has 26 heavy (non-hydrogen) atoms. The van der Waals surface area contributed by atoms with Crippen LogP contribution in [0.15, 0.2) is 41.9 Å². The first kappa shape index (κ1) is 18.2. The maximum Gasteiger partial charge on any atom is 0.416 e. The van der Waals surface area contributed by atoms with Gasteiger partial charge in [-0.05, 0) is 29.1 Å². The molecule has 0 saturated heterocycles. The third-order valence-corrected chi connectivity index (χ3v) is 5.12. The zero-order valence-corrected chi connectivity index (χ0v) is 14.6. The first-order valence-corrected chi connectivity index (χ1v) is 8.74. The molecule has 0 amide bonds. The number of H-pyrrole nitrogens is 1. The van der Waals surface area contributed by atoms with Gasteiger partial charge in [-0.1, -0.05) is 19.1 Å². The molecule has 136 valence electrons. The molecule has 0 aliphatic carbocycles. The Balaban J connectivity index is 1.77. The van der Waals surface area contributed by atoms with Gasteiger partial charge in [-0.2, -0.15) is 18.3 Å². The van der Waals surface area contributed by atoms with E-state index in [9.17, 15) is 18.0 Å². The van der Waals surface area contributed by atoms with Crippen LogP contribution in [-0.4, -0.2) is 16.5 Å². The Morgan fingerprint density at radius 3 is 2.65 bits per heavy atom. The van der Waals surface area contributed by atoms with Gasteiger partial charge in [0.25, 0.3) is 0 Å². The number of alkyl halides is 3. The maximum atomic E-state index is 12.7. The number of hydrogen-bond donors (Lipinski definition) is 2. The highest BCUT2D eigenvalue weighted by atomic mass is 32.1. The molecule has 3 rings (SSSR count). The Hall–Kier alpha value is -2.61. The van der Waals surface area contributed by atoms with E-state index in [1.54, 1.807) is 6.20 Å². The molecule has 0 aliphatic heterocycles. The van der Waals surface area contributed by atoms with Crippen molar-refractivity contribution in [2.24, 2.45) is 0 Å². The minimum Gasteiger partial charge on any atom is -0.380 e. The van der Waals surface area contributed by atoms with Gasteiger partial charge in [0.05, 0.1) is 17.5 Å². The van der Waals surface area contributed by atoms with Gasteiger partial charge in [-0.15, -0.1) is 11.3 Å². The van der Waals surface area contributed by atoms with Gasteiger partial charge in [-0.3, -0.25) is 5.10 Å². The summed E-state index contributed by atoms with van der Waals surface area (Å²) >= 11 is 1.50. The number of nitrogens with one attached hydrogen (secondary N) is 2. The number of carbonyl (C=O) groups is 1. The molecular weight excluding hydrogens is 363 g/mol. The summed E-state index contributed by atoms with van der Waals surface area (Å²) in [6, 6.07) is 6.85. The lowest BCUT2D eigenvalue weighted by atomic mass is 10.1. The van der Waals surface area contributed by atoms with E-state index < -0.39 is 11.7 Å². The standard InChI is InChI=1S/C18H16F3N3OS/c1-11(10-25)17-15(6-7-26-17)22-8-13-9-23-24-16(13)12-2-4-14(5-3-12)18(19,20)21/h2-7,9-11,22H,8H2,1H3,(H,23,24). The topological polar surface area (TPSA) is 57.8 Å². The van der Waals surface area contributed by atoms with Crippen molar-refractivity contribution in [3.63, 3.8) is 0 Å². The highest BCUT2D eigenvalue weighted by Crippen LogP contribution is 2.32. The van der Waals surface area contributed by atoms with E-state index in [0.29, 0.717) is 17.8 Å². The first-order chi connectivity index (χ1) is 12.4. The zero-order chi connectivity index (χ0) is 18.7. The lowest BCUT2D eigenvalue weighted by Crippen LogP contribution is -2.04. The molecule has 3 aromatic rings. The number of anilines is 1. The Kier molecular flexibility index (Phi) is 5.13. The fraction of sp³-hybridized carbons (Fsp3) is 0.222. The number of thiophene rings is 1. The largest absolute Gasteiger partial charge is 0.416 e. The van der Waals surface area contributed by atoms with Crippen molar-refractivity contribution in [1.82, 2.24) is 10.2 Å². The van der Waals surface area contributed by atoms with Crippen LogP contribution in [0.2, 0.25) is 0 Å². The molecule has 4 nitrogen and oxygen atoms in total. The van der Waals surface area contributed by atoms with Crippen LogP contribution in [-0.2, 0) is 17.5 Å². The molecule has 0 radical (unpaired) electrons. The quantitative estimate of drug-likeness (QED) is 0.588. The zero-order valence-electron chi connectivity index (χ0n) is 13.8. The van der Waals surface area contributed by atoms with E-state index in [1.807, 2.05) is 18.4 Å². The van der Waals surface area contributed by atoms with Crippen molar-refractivity contribution >= 4 is 23.3 Å². The van der Waals surface area contributed by atoms with Crippen LogP contribution < -0.4 is 5.32 Å². The predicted octanol–water partition coefficient (Wildman–Crippen LogP) is 5.07. The number of halogens is 3. The first-order valence-electron chi connectivity index (χ1n) is 7.86. The van der Waals surface area contributed by atoms with E-state index in [1.165, 1.54) is 23.5 Å². The van der Waals surface area contributed by atoms with Crippen molar-refractivity contribution in [3.8, 4) is 11.3 Å². The SMILES string of the molecule is CC(C=O)c1sccc1NCc1cn[nH]c1-c1ccc(C(F)(F)F)cc1. The number of aldehydes is 1. The summed E-state index contributed by atoms with van der Waals surface area (Å²) in [5.74, 6) is -0.198. The van der Waals surface area contributed by atoms with Crippen molar-refractivity contribution in [1.29, 1.82) is 0 Å². The van der Waals surface area contributed by atoms with Crippen LogP contribution in [0, 0.1) is 0 Å². The second-order valence-electron chi connectivity index (χ2n) is 5.82. The Morgan fingerprint density at radius 1 is 1.27 bits per heavy atom. The molecule has 1 aromatic carbocycles. The van der Waals surface area contributed by atoms with Crippen LogP contribution in [0.4, 0.5) is 18.9 Å². The van der Waals surface area contributed by atoms with Crippen molar-refractivity contribution in [2.45, 2.75) is 25.6 Å². The number of aromatic amines is 1. The molecule has 0 fully saturated rings. The molecule has 0 bridgehead atoms. The van der Waals surface area contributed by atoms with Gasteiger partial charge in [0.2, 0.25) is 0 Å². The third-order valence-electron chi connectivity index (χ3n) is 4.00. The van der Waals surface area contributed by atoms with Crippen LogP contribution in [0.25, 0.3) is 11.3 Å². The van der Waals surface area contributed by atoms with E-state index in [2.05, 4.69) is 15.5 Å². The number of nitrogens with zero attached hydrogens (tertiary/aromatic N) is 1. The molecular formula is C18H16F3N3OS. The molecule has 0 saturated carbocycles. The number of aromatic nitrogens is 2. The van der Waals surface area contributed by atoms with E-state index >= 15 is 0 Å². The smallest absolute Gasteiger partial charge is 0.380 e. The Labute approximate surface area is 152 Å². The highest BCUT2D eigenvalue weighted by molar-refractivity contribution is 7.10. The molecule has 0 spiro atoms. The van der Waals surface area contributed by atoms with Crippen LogP contribution in [0.5, 0.6) is 0 Å². The average molecular weight is 379 g/mol. The van der Waals surface area contributed by atoms with Gasteiger partial charge >= 0.3 is 6.18 Å². The monoisotopic (exact) mass is 379 g/mol. The minimum absolute atomic E-state index is 0.198. The number of rotatable bonds is 6. The molecule has 8 heteroatoms. The van der Waals surface area contributed by atoms with Crippen LogP contribution in [0.3, 0.4) is 0 Å². The van der Waals surface area contributed by atoms with E-state index in [-0.39, 0.29) is 5.92 Å². The molecule has 2 heterocycles. The fourth-order valence-corrected chi connectivity index (χ4v) is 3.48. The van der Waals surface area contributed by atoms with Gasteiger partial charge in [0.15, 0.2) is 0 Å². The highest BCUT2D eigenvalue weighted by Gasteiger charge is 2.30. The van der Waals surface area contributed by atoms with Crippen LogP contribution in [0.1, 0.15) is 28.8 Å². The molecule has 2 aromatic heterocycles. The third kappa shape index (κ3) is 3.80. The predicted molar refractivity (Wildman–Crippen MR) is 95.2 cm³/mol. The number of hydrogen-bond acceptors (Lipinski definition) is 4.